The van der Waals surface area contributed by atoms with Gasteiger partial charge in [0.2, 0.25) is 0 Å². The lowest BCUT2D eigenvalue weighted by Crippen LogP contribution is -2.57. The second-order valence-corrected chi connectivity index (χ2v) is 12.5. The number of nitrogens with zero attached hydrogens (tertiary/aromatic N) is 1. The smallest absolute Gasteiger partial charge is 0.124 e. The van der Waals surface area contributed by atoms with E-state index < -0.39 is 0 Å². The van der Waals surface area contributed by atoms with Crippen LogP contribution < -0.4 is 4.74 Å². The molecule has 2 heteroatoms. The maximum absolute atomic E-state index is 6.87. The number of hydrogen-bond donors (Lipinski definition) is 0. The Morgan fingerprint density at radius 1 is 0.556 bits per heavy atom. The molecule has 5 aromatic carbocycles. The summed E-state index contributed by atoms with van der Waals surface area (Å²) in [6, 6.07) is 54.4. The minimum atomic E-state index is -0.364. The van der Waals surface area contributed by atoms with Gasteiger partial charge in [0.15, 0.2) is 0 Å². The van der Waals surface area contributed by atoms with Crippen molar-refractivity contribution in [3.05, 3.63) is 181 Å². The molecular weight excluding hydrogens is 546 g/mol. The lowest BCUT2D eigenvalue weighted by molar-refractivity contribution is -0.0191. The largest absolute Gasteiger partial charge is 0.487 e. The summed E-state index contributed by atoms with van der Waals surface area (Å²) in [7, 11) is 0. The van der Waals surface area contributed by atoms with Crippen molar-refractivity contribution in [3.63, 3.8) is 0 Å². The van der Waals surface area contributed by atoms with E-state index in [1.54, 1.807) is 0 Å². The molecule has 2 unspecified atom stereocenters. The molecule has 2 nitrogen and oxygen atoms in total. The molecule has 0 saturated heterocycles. The van der Waals surface area contributed by atoms with Crippen LogP contribution in [-0.4, -0.2) is 10.6 Å². The number of aromatic nitrogens is 1. The van der Waals surface area contributed by atoms with Gasteiger partial charge in [0.05, 0.1) is 16.8 Å². The molecule has 0 amide bonds. The summed E-state index contributed by atoms with van der Waals surface area (Å²) in [5.41, 5.74) is 9.64. The van der Waals surface area contributed by atoms with E-state index in [9.17, 15) is 0 Å². The van der Waals surface area contributed by atoms with Gasteiger partial charge in [-0.05, 0) is 53.8 Å². The fraction of sp³-hybridized carbons (Fsp3) is 0.140. The predicted molar refractivity (Wildman–Crippen MR) is 184 cm³/mol. The van der Waals surface area contributed by atoms with Gasteiger partial charge in [-0.3, -0.25) is 0 Å². The zero-order chi connectivity index (χ0) is 30.3. The first-order valence-electron chi connectivity index (χ1n) is 15.9. The first kappa shape index (κ1) is 27.3. The van der Waals surface area contributed by atoms with Crippen molar-refractivity contribution in [2.24, 2.45) is 5.92 Å². The van der Waals surface area contributed by atoms with E-state index in [4.69, 9.17) is 9.72 Å². The van der Waals surface area contributed by atoms with Crippen LogP contribution in [0.15, 0.2) is 164 Å². The average molecular weight is 582 g/mol. The van der Waals surface area contributed by atoms with Gasteiger partial charge in [-0.2, -0.15) is 0 Å². The van der Waals surface area contributed by atoms with E-state index in [2.05, 4.69) is 159 Å². The van der Waals surface area contributed by atoms with Crippen LogP contribution in [0, 0.1) is 5.92 Å². The van der Waals surface area contributed by atoms with Crippen molar-refractivity contribution >= 4 is 0 Å². The summed E-state index contributed by atoms with van der Waals surface area (Å²) in [6.07, 6.45) is 6.48. The van der Waals surface area contributed by atoms with Gasteiger partial charge in [-0.25, -0.2) is 4.98 Å². The highest BCUT2D eigenvalue weighted by Gasteiger charge is 2.57. The standard InChI is InChI=1S/C43H35NO/c1-42-28-14-13-23-41(42)43(35-19-9-4-10-20-35,37-21-11-12-22-40(37)45-42)36-26-24-31(25-27-36)34-29-38(32-15-5-2-6-16-32)44-39(30-34)33-17-7-3-8-18-33/h2-22,24-27,29-30,41H,23,28H2,1H3/t41-,42?,43?/m1/s1. The van der Waals surface area contributed by atoms with Crippen LogP contribution in [0.25, 0.3) is 33.6 Å². The maximum Gasteiger partial charge on any atom is 0.124 e. The predicted octanol–water partition coefficient (Wildman–Crippen LogP) is 10.5. The molecule has 0 radical (unpaired) electrons. The number of para-hydroxylation sites is 1. The molecule has 0 spiro atoms. The maximum atomic E-state index is 6.87. The highest BCUT2D eigenvalue weighted by Crippen LogP contribution is 2.59. The molecule has 0 fully saturated rings. The average Bonchev–Trinajstić information content (AvgIpc) is 3.11. The van der Waals surface area contributed by atoms with Gasteiger partial charge >= 0.3 is 0 Å². The van der Waals surface area contributed by atoms with Crippen LogP contribution in [0.2, 0.25) is 0 Å². The molecule has 1 aromatic heterocycles. The third kappa shape index (κ3) is 4.60. The molecule has 6 aromatic rings. The monoisotopic (exact) mass is 581 g/mol. The van der Waals surface area contributed by atoms with Crippen molar-refractivity contribution in [2.45, 2.75) is 30.8 Å². The lowest BCUT2D eigenvalue weighted by atomic mass is 9.53. The van der Waals surface area contributed by atoms with Crippen LogP contribution >= 0.6 is 0 Å². The Hall–Kier alpha value is -5.21. The molecule has 1 aliphatic carbocycles. The summed E-state index contributed by atoms with van der Waals surface area (Å²) in [4.78, 5) is 5.10. The number of pyridine rings is 1. The molecular formula is C43H35NO. The minimum Gasteiger partial charge on any atom is -0.487 e. The van der Waals surface area contributed by atoms with Crippen LogP contribution in [0.1, 0.15) is 36.5 Å². The summed E-state index contributed by atoms with van der Waals surface area (Å²) in [5.74, 6) is 1.21. The third-order valence-electron chi connectivity index (χ3n) is 9.84. The van der Waals surface area contributed by atoms with Gasteiger partial charge < -0.3 is 4.74 Å². The van der Waals surface area contributed by atoms with Crippen LogP contribution in [0.3, 0.4) is 0 Å². The zero-order valence-electron chi connectivity index (χ0n) is 25.4. The zero-order valence-corrected chi connectivity index (χ0v) is 25.4. The van der Waals surface area contributed by atoms with E-state index in [1.807, 2.05) is 12.1 Å². The summed E-state index contributed by atoms with van der Waals surface area (Å²) in [5, 5.41) is 0. The summed E-state index contributed by atoms with van der Waals surface area (Å²) < 4.78 is 6.87. The summed E-state index contributed by atoms with van der Waals surface area (Å²) >= 11 is 0. The number of benzene rings is 5. The molecule has 0 N–H and O–H groups in total. The fourth-order valence-corrected chi connectivity index (χ4v) is 7.73. The molecule has 3 atom stereocenters. The quantitative estimate of drug-likeness (QED) is 0.189. The van der Waals surface area contributed by atoms with Crippen molar-refractivity contribution in [1.82, 2.24) is 4.98 Å². The van der Waals surface area contributed by atoms with Crippen LogP contribution in [0.5, 0.6) is 5.75 Å². The number of rotatable bonds is 5. The Morgan fingerprint density at radius 3 is 1.76 bits per heavy atom. The third-order valence-corrected chi connectivity index (χ3v) is 9.84. The second-order valence-electron chi connectivity index (χ2n) is 12.5. The molecule has 1 aliphatic heterocycles. The normalized spacial score (nSPS) is 21.8. The Morgan fingerprint density at radius 2 is 1.11 bits per heavy atom. The minimum absolute atomic E-state index is 0.230. The molecule has 2 aliphatic rings. The van der Waals surface area contributed by atoms with Gasteiger partial charge in [0.1, 0.15) is 11.4 Å². The van der Waals surface area contributed by atoms with Crippen molar-refractivity contribution < 1.29 is 4.74 Å². The van der Waals surface area contributed by atoms with Gasteiger partial charge in [-0.15, -0.1) is 0 Å². The SMILES string of the molecule is CC12CC=CC[C@H]1C(c1ccccc1)(c1ccc(-c3cc(-c4ccccc4)nc(-c4ccccc4)c3)cc1)c1ccccc1O2. The second kappa shape index (κ2) is 11.1. The molecule has 0 saturated carbocycles. The van der Waals surface area contributed by atoms with E-state index in [0.717, 1.165) is 46.7 Å². The van der Waals surface area contributed by atoms with Crippen molar-refractivity contribution in [3.8, 4) is 39.4 Å². The number of allylic oxidation sites excluding steroid dienone is 1. The highest BCUT2D eigenvalue weighted by atomic mass is 16.5. The lowest BCUT2D eigenvalue weighted by Gasteiger charge is -2.55. The van der Waals surface area contributed by atoms with E-state index in [-0.39, 0.29) is 16.9 Å². The Kier molecular flexibility index (Phi) is 6.72. The highest BCUT2D eigenvalue weighted by molar-refractivity contribution is 5.77. The molecule has 8 rings (SSSR count). The van der Waals surface area contributed by atoms with Crippen molar-refractivity contribution in [1.29, 1.82) is 0 Å². The molecule has 0 bridgehead atoms. The van der Waals surface area contributed by atoms with Crippen molar-refractivity contribution in [2.75, 3.05) is 0 Å². The Bertz CT molecular complexity index is 1920. The number of ether oxygens (including phenoxy) is 1. The van der Waals surface area contributed by atoms with Gasteiger partial charge in [0.25, 0.3) is 0 Å². The number of fused-ring (bicyclic) bond motifs is 2. The Balaban J connectivity index is 1.31. The van der Waals surface area contributed by atoms with Gasteiger partial charge in [0, 0.05) is 29.0 Å². The fourth-order valence-electron chi connectivity index (χ4n) is 7.73. The molecule has 2 heterocycles. The topological polar surface area (TPSA) is 22.1 Å². The molecule has 218 valence electrons. The molecule has 45 heavy (non-hydrogen) atoms. The van der Waals surface area contributed by atoms with E-state index >= 15 is 0 Å². The van der Waals surface area contributed by atoms with Gasteiger partial charge in [-0.1, -0.05) is 146 Å². The van der Waals surface area contributed by atoms with Crippen LogP contribution in [-0.2, 0) is 5.41 Å². The Labute approximate surface area is 265 Å². The summed E-state index contributed by atoms with van der Waals surface area (Å²) in [6.45, 7) is 2.30. The first-order chi connectivity index (χ1) is 22.1. The van der Waals surface area contributed by atoms with E-state index in [0.29, 0.717) is 0 Å². The number of hydrogen-bond acceptors (Lipinski definition) is 2. The first-order valence-corrected chi connectivity index (χ1v) is 15.9. The van der Waals surface area contributed by atoms with E-state index in [1.165, 1.54) is 22.3 Å². The van der Waals surface area contributed by atoms with Crippen LogP contribution in [0.4, 0.5) is 0 Å².